The Bertz CT molecular complexity index is 710. The number of para-hydroxylation sites is 1. The predicted octanol–water partition coefficient (Wildman–Crippen LogP) is 4.90. The molecule has 0 spiro atoms. The number of hydrogen-bond donors (Lipinski definition) is 0. The second kappa shape index (κ2) is 6.18. The Kier molecular flexibility index (Phi) is 4.10. The molecule has 1 heterocycles. The molecule has 2 aromatic rings. The third-order valence-corrected chi connectivity index (χ3v) is 3.93. The molecule has 1 aliphatic heterocycles. The van der Waals surface area contributed by atoms with Crippen molar-refractivity contribution in [2.75, 3.05) is 0 Å². The van der Waals surface area contributed by atoms with Crippen LogP contribution < -0.4 is 4.74 Å². The van der Waals surface area contributed by atoms with E-state index >= 15 is 0 Å². The molecule has 0 aromatic heterocycles. The van der Waals surface area contributed by atoms with Gasteiger partial charge in [0.1, 0.15) is 11.9 Å². The molecule has 0 saturated carbocycles. The maximum absolute atomic E-state index is 12.5. The molecule has 2 nitrogen and oxygen atoms in total. The molecular weight excluding hydrogens is 272 g/mol. The molecule has 0 unspecified atom stereocenters. The smallest absolute Gasteiger partial charge is 0.170 e. The van der Waals surface area contributed by atoms with Crippen molar-refractivity contribution in [2.24, 2.45) is 0 Å². The van der Waals surface area contributed by atoms with Crippen molar-refractivity contribution in [3.8, 4) is 5.75 Å². The zero-order valence-electron chi connectivity index (χ0n) is 13.0. The van der Waals surface area contributed by atoms with Crippen molar-refractivity contribution in [3.05, 3.63) is 76.9 Å². The van der Waals surface area contributed by atoms with E-state index < -0.39 is 0 Å². The molecule has 2 heteroatoms. The summed E-state index contributed by atoms with van der Waals surface area (Å²) in [6, 6.07) is 15.8. The van der Waals surface area contributed by atoms with Gasteiger partial charge in [-0.25, -0.2) is 0 Å². The lowest BCUT2D eigenvalue weighted by atomic mass is 9.93. The van der Waals surface area contributed by atoms with Gasteiger partial charge in [0, 0.05) is 0 Å². The van der Waals surface area contributed by atoms with E-state index in [9.17, 15) is 4.79 Å². The van der Waals surface area contributed by atoms with Gasteiger partial charge in [0.05, 0.1) is 12.0 Å². The van der Waals surface area contributed by atoms with Crippen molar-refractivity contribution >= 4 is 5.78 Å². The second-order valence-corrected chi connectivity index (χ2v) is 5.92. The Hall–Kier alpha value is -2.35. The average Bonchev–Trinajstić information content (AvgIpc) is 2.53. The average molecular weight is 292 g/mol. The van der Waals surface area contributed by atoms with E-state index in [-0.39, 0.29) is 11.9 Å². The molecule has 0 bridgehead atoms. The normalized spacial score (nSPS) is 16.6. The van der Waals surface area contributed by atoms with Gasteiger partial charge in [-0.1, -0.05) is 54.1 Å². The number of ether oxygens (including phenoxy) is 1. The molecule has 22 heavy (non-hydrogen) atoms. The van der Waals surface area contributed by atoms with Gasteiger partial charge in [0.25, 0.3) is 0 Å². The third-order valence-electron chi connectivity index (χ3n) is 3.93. The molecule has 1 aliphatic rings. The van der Waals surface area contributed by atoms with Crippen molar-refractivity contribution < 1.29 is 9.53 Å². The summed E-state index contributed by atoms with van der Waals surface area (Å²) < 4.78 is 6.20. The third kappa shape index (κ3) is 2.96. The van der Waals surface area contributed by atoms with E-state index in [4.69, 9.17) is 4.74 Å². The van der Waals surface area contributed by atoms with E-state index in [1.54, 1.807) is 0 Å². The van der Waals surface area contributed by atoms with Crippen LogP contribution in [0.1, 0.15) is 47.9 Å². The van der Waals surface area contributed by atoms with Crippen molar-refractivity contribution in [2.45, 2.75) is 32.8 Å². The molecule has 3 rings (SSSR count). The highest BCUT2D eigenvalue weighted by Crippen LogP contribution is 2.37. The molecule has 0 amide bonds. The molecule has 0 fully saturated rings. The van der Waals surface area contributed by atoms with Crippen LogP contribution in [-0.4, -0.2) is 5.78 Å². The first-order chi connectivity index (χ1) is 10.6. The number of rotatable bonds is 3. The van der Waals surface area contributed by atoms with Crippen LogP contribution in [0, 0.1) is 0 Å². The zero-order chi connectivity index (χ0) is 15.5. The van der Waals surface area contributed by atoms with Gasteiger partial charge in [-0.2, -0.15) is 0 Å². The molecule has 0 saturated heterocycles. The maximum Gasteiger partial charge on any atom is 0.170 e. The van der Waals surface area contributed by atoms with Crippen LogP contribution in [0.15, 0.2) is 60.2 Å². The summed E-state index contributed by atoms with van der Waals surface area (Å²) in [7, 11) is 0. The van der Waals surface area contributed by atoms with E-state index in [1.165, 1.54) is 5.57 Å². The van der Waals surface area contributed by atoms with Crippen LogP contribution in [0.2, 0.25) is 0 Å². The number of fused-ring (bicyclic) bond motifs is 1. The minimum Gasteiger partial charge on any atom is -0.484 e. The lowest BCUT2D eigenvalue weighted by Crippen LogP contribution is -2.21. The van der Waals surface area contributed by atoms with Gasteiger partial charge < -0.3 is 4.74 Å². The summed E-state index contributed by atoms with van der Waals surface area (Å²) in [4.78, 5) is 12.5. The number of hydrogen-bond acceptors (Lipinski definition) is 2. The van der Waals surface area contributed by atoms with Crippen LogP contribution in [0.5, 0.6) is 5.75 Å². The molecular formula is C20H20O2. The topological polar surface area (TPSA) is 26.3 Å². The quantitative estimate of drug-likeness (QED) is 0.752. The minimum atomic E-state index is -0.186. The fourth-order valence-electron chi connectivity index (χ4n) is 2.73. The molecule has 0 radical (unpaired) electrons. The first kappa shape index (κ1) is 14.6. The Labute approximate surface area is 131 Å². The van der Waals surface area contributed by atoms with Gasteiger partial charge >= 0.3 is 0 Å². The number of Topliss-reactive ketones (excluding diaryl/α,β-unsaturated/α-hetero) is 1. The van der Waals surface area contributed by atoms with Crippen LogP contribution in [0.3, 0.4) is 0 Å². The summed E-state index contributed by atoms with van der Waals surface area (Å²) in [6.45, 7) is 4.16. The molecule has 1 atom stereocenters. The van der Waals surface area contributed by atoms with E-state index in [0.717, 1.165) is 23.3 Å². The Morgan fingerprint density at radius 3 is 2.64 bits per heavy atom. The Morgan fingerprint density at radius 1 is 1.14 bits per heavy atom. The summed E-state index contributed by atoms with van der Waals surface area (Å²) in [5.74, 6) is 0.916. The van der Waals surface area contributed by atoms with E-state index in [2.05, 4.69) is 19.9 Å². The first-order valence-electron chi connectivity index (χ1n) is 7.65. The largest absolute Gasteiger partial charge is 0.484 e. The van der Waals surface area contributed by atoms with Crippen LogP contribution in [0.4, 0.5) is 0 Å². The lowest BCUT2D eigenvalue weighted by molar-refractivity contribution is 0.0848. The van der Waals surface area contributed by atoms with Gasteiger partial charge in [-0.15, -0.1) is 0 Å². The number of carbonyl (C=O) groups is 1. The van der Waals surface area contributed by atoms with Crippen LogP contribution >= 0.6 is 0 Å². The fraction of sp³-hybridized carbons (Fsp3) is 0.250. The van der Waals surface area contributed by atoms with Crippen LogP contribution in [-0.2, 0) is 6.42 Å². The van der Waals surface area contributed by atoms with E-state index in [0.29, 0.717) is 12.0 Å². The maximum atomic E-state index is 12.5. The lowest BCUT2D eigenvalue weighted by Gasteiger charge is -2.27. The summed E-state index contributed by atoms with van der Waals surface area (Å²) in [6.07, 6.45) is 3.17. The molecule has 112 valence electrons. The Balaban J connectivity index is 1.97. The predicted molar refractivity (Wildman–Crippen MR) is 88.3 cm³/mol. The molecule has 0 N–H and O–H groups in total. The summed E-state index contributed by atoms with van der Waals surface area (Å²) >= 11 is 0. The second-order valence-electron chi connectivity index (χ2n) is 5.92. The van der Waals surface area contributed by atoms with Gasteiger partial charge in [-0.3, -0.25) is 4.79 Å². The minimum absolute atomic E-state index is 0.161. The molecule has 2 aromatic carbocycles. The number of carbonyl (C=O) groups excluding carboxylic acids is 1. The highest BCUT2D eigenvalue weighted by molar-refractivity contribution is 6.00. The highest BCUT2D eigenvalue weighted by atomic mass is 16.5. The first-order valence-corrected chi connectivity index (χ1v) is 7.65. The van der Waals surface area contributed by atoms with Crippen molar-refractivity contribution in [1.82, 2.24) is 0 Å². The number of benzene rings is 2. The summed E-state index contributed by atoms with van der Waals surface area (Å²) in [5, 5.41) is 0. The van der Waals surface area contributed by atoms with E-state index in [1.807, 2.05) is 48.5 Å². The molecule has 0 aliphatic carbocycles. The van der Waals surface area contributed by atoms with Crippen molar-refractivity contribution in [1.29, 1.82) is 0 Å². The van der Waals surface area contributed by atoms with Gasteiger partial charge in [-0.05, 0) is 37.5 Å². The fourth-order valence-corrected chi connectivity index (χ4v) is 2.73. The SMILES string of the molecule is CC(C)=CCc1cccc2c1O[C@H](c1ccccc1)CC2=O. The van der Waals surface area contributed by atoms with Gasteiger partial charge in [0.15, 0.2) is 5.78 Å². The summed E-state index contributed by atoms with van der Waals surface area (Å²) in [5.41, 5.74) is 4.11. The number of ketones is 1. The zero-order valence-corrected chi connectivity index (χ0v) is 13.0. The van der Waals surface area contributed by atoms with Crippen LogP contribution in [0.25, 0.3) is 0 Å². The van der Waals surface area contributed by atoms with Gasteiger partial charge in [0.2, 0.25) is 0 Å². The highest BCUT2D eigenvalue weighted by Gasteiger charge is 2.28. The monoisotopic (exact) mass is 292 g/mol. The van der Waals surface area contributed by atoms with Crippen molar-refractivity contribution in [3.63, 3.8) is 0 Å². The number of allylic oxidation sites excluding steroid dienone is 2. The standard InChI is InChI=1S/C20H20O2/c1-14(2)11-12-16-9-6-10-17-18(21)13-19(22-20(16)17)15-7-4-3-5-8-15/h3-11,19H,12-13H2,1-2H3/t19-/m0/s1. The Morgan fingerprint density at radius 2 is 1.91 bits per heavy atom.